The third-order valence-corrected chi connectivity index (χ3v) is 4.82. The van der Waals surface area contributed by atoms with Crippen molar-refractivity contribution >= 4 is 37.8 Å². The van der Waals surface area contributed by atoms with Crippen LogP contribution >= 0.6 is 15.9 Å². The number of halogens is 4. The molecule has 1 aliphatic carbocycles. The predicted molar refractivity (Wildman–Crippen MR) is 93.4 cm³/mol. The van der Waals surface area contributed by atoms with Gasteiger partial charge in [-0.25, -0.2) is 4.79 Å². The number of ether oxygens (including phenoxy) is 1. The first-order valence-electron chi connectivity index (χ1n) is 7.68. The molecule has 0 amide bonds. The summed E-state index contributed by atoms with van der Waals surface area (Å²) in [6.07, 6.45) is 0.904. The second kappa shape index (κ2) is 8.90. The molecule has 0 aromatic heterocycles. The summed E-state index contributed by atoms with van der Waals surface area (Å²) in [7, 11) is -4.87. The molecular formula is C16H18BrF3O5S. The summed E-state index contributed by atoms with van der Waals surface area (Å²) in [5.41, 5.74) is -5.18. The maximum atomic E-state index is 12.7. The molecule has 1 aliphatic rings. The third kappa shape index (κ3) is 5.00. The van der Waals surface area contributed by atoms with E-state index in [1.807, 2.05) is 13.8 Å². The summed E-state index contributed by atoms with van der Waals surface area (Å²) >= 11 is 3.17. The zero-order valence-corrected chi connectivity index (χ0v) is 16.7. The minimum atomic E-state index is -5.92. The normalized spacial score (nSPS) is 14.6. The fourth-order valence-corrected chi connectivity index (χ4v) is 3.15. The van der Waals surface area contributed by atoms with Crippen LogP contribution in [0.15, 0.2) is 28.2 Å². The van der Waals surface area contributed by atoms with Gasteiger partial charge in [0.2, 0.25) is 0 Å². The largest absolute Gasteiger partial charge is 0.534 e. The van der Waals surface area contributed by atoms with Crippen LogP contribution in [-0.2, 0) is 30.3 Å². The smallest absolute Gasteiger partial charge is 0.466 e. The number of hydrogen-bond acceptors (Lipinski definition) is 5. The number of carbonyl (C=O) groups excluding carboxylic acids is 1. The average molecular weight is 459 g/mol. The zero-order valence-electron chi connectivity index (χ0n) is 14.3. The molecule has 10 heteroatoms. The van der Waals surface area contributed by atoms with Crippen molar-refractivity contribution < 1.29 is 35.3 Å². The lowest BCUT2D eigenvalue weighted by molar-refractivity contribution is -0.136. The highest BCUT2D eigenvalue weighted by Gasteiger charge is 2.49. The van der Waals surface area contributed by atoms with Gasteiger partial charge < -0.3 is 8.92 Å². The molecule has 0 fully saturated rings. The van der Waals surface area contributed by atoms with Crippen LogP contribution in [0.3, 0.4) is 0 Å². The molecular weight excluding hydrogens is 441 g/mol. The van der Waals surface area contributed by atoms with E-state index >= 15 is 0 Å². The lowest BCUT2D eigenvalue weighted by Crippen LogP contribution is -2.26. The number of alkyl halides is 3. The molecule has 26 heavy (non-hydrogen) atoms. The van der Waals surface area contributed by atoms with Gasteiger partial charge >= 0.3 is 21.6 Å². The van der Waals surface area contributed by atoms with Crippen LogP contribution in [0.2, 0.25) is 0 Å². The number of benzene rings is 1. The van der Waals surface area contributed by atoms with Gasteiger partial charge in [0, 0.05) is 10.0 Å². The summed E-state index contributed by atoms with van der Waals surface area (Å²) in [6.45, 7) is 4.00. The molecule has 1 aromatic carbocycles. The maximum Gasteiger partial charge on any atom is 0.534 e. The van der Waals surface area contributed by atoms with E-state index in [1.54, 1.807) is 12.1 Å². The van der Waals surface area contributed by atoms with Gasteiger partial charge in [0.15, 0.2) is 5.76 Å². The van der Waals surface area contributed by atoms with Crippen LogP contribution < -0.4 is 0 Å². The molecule has 146 valence electrons. The van der Waals surface area contributed by atoms with Gasteiger partial charge in [-0.1, -0.05) is 35.8 Å². The minimum absolute atomic E-state index is 0.0294. The highest BCUT2D eigenvalue weighted by molar-refractivity contribution is 9.10. The molecule has 0 saturated carbocycles. The molecule has 1 aromatic rings. The van der Waals surface area contributed by atoms with E-state index in [2.05, 4.69) is 24.8 Å². The van der Waals surface area contributed by atoms with Crippen LogP contribution in [0.4, 0.5) is 13.2 Å². The van der Waals surface area contributed by atoms with Crippen molar-refractivity contribution in [1.29, 1.82) is 0 Å². The van der Waals surface area contributed by atoms with Crippen LogP contribution in [-0.4, -0.2) is 27.0 Å². The lowest BCUT2D eigenvalue weighted by atomic mass is 10.0. The summed E-state index contributed by atoms with van der Waals surface area (Å²) in [5, 5.41) is 0. The fourth-order valence-electron chi connectivity index (χ4n) is 2.28. The van der Waals surface area contributed by atoms with Crippen LogP contribution in [0.5, 0.6) is 0 Å². The highest BCUT2D eigenvalue weighted by atomic mass is 79.9. The zero-order chi connectivity index (χ0) is 20.1. The molecule has 0 spiro atoms. The van der Waals surface area contributed by atoms with E-state index < -0.39 is 27.4 Å². The summed E-state index contributed by atoms with van der Waals surface area (Å²) in [4.78, 5) is 11.9. The van der Waals surface area contributed by atoms with Crippen LogP contribution in [0.1, 0.15) is 37.8 Å². The second-order valence-electron chi connectivity index (χ2n) is 4.94. The number of hydrogen-bond donors (Lipinski definition) is 0. The first kappa shape index (κ1) is 22.5. The van der Waals surface area contributed by atoms with E-state index in [9.17, 15) is 26.4 Å². The lowest BCUT2D eigenvalue weighted by Gasteiger charge is -2.16. The Bertz CT molecular complexity index is 801. The molecule has 0 atom stereocenters. The molecule has 0 heterocycles. The summed E-state index contributed by atoms with van der Waals surface area (Å²) in [6, 6.07) is 4.70. The number of carbonyl (C=O) groups is 1. The fraction of sp³-hybridized carbons (Fsp3) is 0.438. The quantitative estimate of drug-likeness (QED) is 0.377. The Morgan fingerprint density at radius 1 is 1.19 bits per heavy atom. The predicted octanol–water partition coefficient (Wildman–Crippen LogP) is 4.56. The van der Waals surface area contributed by atoms with E-state index in [-0.39, 0.29) is 17.6 Å². The standard InChI is InChI=1S/C14H12BrF3O5S.C2H6/c1-22-13(19)10-4-2-3-8-5-6-9(15)7-11(8)12(10)23-24(20,21)14(16,17)18;1-2/h5-7H,2-4H2,1H3;1-2H3. The van der Waals surface area contributed by atoms with E-state index in [0.29, 0.717) is 22.9 Å². The van der Waals surface area contributed by atoms with Crippen molar-refractivity contribution in [2.75, 3.05) is 7.11 Å². The van der Waals surface area contributed by atoms with Crippen molar-refractivity contribution in [3.63, 3.8) is 0 Å². The van der Waals surface area contributed by atoms with E-state index in [4.69, 9.17) is 0 Å². The van der Waals surface area contributed by atoms with Gasteiger partial charge in [-0.3, -0.25) is 0 Å². The monoisotopic (exact) mass is 458 g/mol. The number of methoxy groups -OCH3 is 1. The summed E-state index contributed by atoms with van der Waals surface area (Å²) in [5.74, 6) is -1.58. The average Bonchev–Trinajstić information content (AvgIpc) is 2.74. The Morgan fingerprint density at radius 3 is 2.35 bits per heavy atom. The molecule has 0 radical (unpaired) electrons. The minimum Gasteiger partial charge on any atom is -0.466 e. The van der Waals surface area contributed by atoms with Crippen LogP contribution in [0, 0.1) is 0 Å². The molecule has 0 saturated heterocycles. The Morgan fingerprint density at radius 2 is 1.81 bits per heavy atom. The van der Waals surface area contributed by atoms with Crippen molar-refractivity contribution in [3.8, 4) is 0 Å². The Kier molecular flexibility index (Phi) is 7.70. The van der Waals surface area contributed by atoms with Gasteiger partial charge in [-0.15, -0.1) is 0 Å². The van der Waals surface area contributed by atoms with Crippen molar-refractivity contribution in [1.82, 2.24) is 0 Å². The Labute approximate surface area is 158 Å². The van der Waals surface area contributed by atoms with Gasteiger partial charge in [-0.05, 0) is 37.0 Å². The number of esters is 1. The van der Waals surface area contributed by atoms with Gasteiger partial charge in [0.25, 0.3) is 0 Å². The Hall–Kier alpha value is -1.55. The van der Waals surface area contributed by atoms with Crippen molar-refractivity contribution in [2.45, 2.75) is 38.6 Å². The third-order valence-electron chi connectivity index (χ3n) is 3.37. The van der Waals surface area contributed by atoms with Gasteiger partial charge in [0.1, 0.15) is 0 Å². The SMILES string of the molecule is CC.COC(=O)C1=C(OS(=O)(=O)C(F)(F)F)c2cc(Br)ccc2CCC1. The second-order valence-corrected chi connectivity index (χ2v) is 7.39. The molecule has 0 N–H and O–H groups in total. The molecule has 0 unspecified atom stereocenters. The number of rotatable bonds is 3. The van der Waals surface area contributed by atoms with E-state index in [0.717, 1.165) is 7.11 Å². The summed E-state index contributed by atoms with van der Waals surface area (Å²) < 4.78 is 70.4. The number of fused-ring (bicyclic) bond motifs is 1. The first-order chi connectivity index (χ1) is 12.1. The van der Waals surface area contributed by atoms with Gasteiger partial charge in [-0.2, -0.15) is 21.6 Å². The van der Waals surface area contributed by atoms with Gasteiger partial charge in [0.05, 0.1) is 12.7 Å². The van der Waals surface area contributed by atoms with E-state index in [1.165, 1.54) is 6.07 Å². The molecule has 0 aliphatic heterocycles. The molecule has 2 rings (SSSR count). The maximum absolute atomic E-state index is 12.7. The van der Waals surface area contributed by atoms with Crippen molar-refractivity contribution in [3.05, 3.63) is 39.4 Å². The molecule has 5 nitrogen and oxygen atoms in total. The topological polar surface area (TPSA) is 69.7 Å². The first-order valence-corrected chi connectivity index (χ1v) is 9.88. The highest BCUT2D eigenvalue weighted by Crippen LogP contribution is 2.37. The number of aryl methyl sites for hydroxylation is 1. The Balaban J connectivity index is 0.00000163. The van der Waals surface area contributed by atoms with Crippen molar-refractivity contribution in [2.24, 2.45) is 0 Å². The van der Waals surface area contributed by atoms with Crippen LogP contribution in [0.25, 0.3) is 5.76 Å². The molecule has 0 bridgehead atoms.